The molecule has 1 unspecified atom stereocenters. The molecule has 5 heteroatoms. The molecule has 0 bridgehead atoms. The van der Waals surface area contributed by atoms with E-state index in [1.165, 1.54) is 0 Å². The first-order valence-electron chi connectivity index (χ1n) is 9.31. The molecule has 1 atom stereocenters. The Balaban J connectivity index is 1.78. The van der Waals surface area contributed by atoms with Gasteiger partial charge in [0.1, 0.15) is 0 Å². The molecule has 2 aromatic rings. The van der Waals surface area contributed by atoms with Crippen LogP contribution in [0.4, 0.5) is 0 Å². The van der Waals surface area contributed by atoms with E-state index in [0.29, 0.717) is 19.7 Å². The van der Waals surface area contributed by atoms with E-state index in [1.807, 2.05) is 60.4 Å². The van der Waals surface area contributed by atoms with Gasteiger partial charge in [-0.2, -0.15) is 0 Å². The quantitative estimate of drug-likeness (QED) is 0.730. The summed E-state index contributed by atoms with van der Waals surface area (Å²) < 4.78 is 5.01. The van der Waals surface area contributed by atoms with E-state index in [4.69, 9.17) is 4.74 Å². The van der Waals surface area contributed by atoms with Crippen molar-refractivity contribution in [1.82, 2.24) is 10.2 Å². The lowest BCUT2D eigenvalue weighted by Crippen LogP contribution is -2.34. The maximum Gasteiger partial charge on any atom is 0.255 e. The molecule has 0 aliphatic carbocycles. The maximum atomic E-state index is 12.9. The molecule has 5 nitrogen and oxygen atoms in total. The summed E-state index contributed by atoms with van der Waals surface area (Å²) in [5, 5.41) is 2.93. The molecule has 1 heterocycles. The fraction of sp³-hybridized carbons (Fsp3) is 0.364. The van der Waals surface area contributed by atoms with Crippen LogP contribution in [0, 0.1) is 6.92 Å². The van der Waals surface area contributed by atoms with Gasteiger partial charge in [-0.25, -0.2) is 0 Å². The maximum absolute atomic E-state index is 12.9. The standard InChI is InChI=1S/C22H26N2O3/c1-16-8-10-17(11-9-16)20(14-21(25)23-12-5-13-27-2)24-15-18-6-3-4-7-19(18)22(24)26/h3-4,6-11,20H,5,12-15H2,1-2H3,(H,23,25). The van der Waals surface area contributed by atoms with Crippen molar-refractivity contribution in [2.75, 3.05) is 20.3 Å². The third-order valence-electron chi connectivity index (χ3n) is 4.91. The van der Waals surface area contributed by atoms with Crippen LogP contribution in [-0.4, -0.2) is 37.0 Å². The van der Waals surface area contributed by atoms with Gasteiger partial charge in [0.15, 0.2) is 0 Å². The number of aryl methyl sites for hydroxylation is 1. The Kier molecular flexibility index (Phi) is 6.24. The molecule has 1 aliphatic rings. The first-order chi connectivity index (χ1) is 13.1. The minimum atomic E-state index is -0.284. The van der Waals surface area contributed by atoms with E-state index in [9.17, 15) is 9.59 Å². The molecular formula is C22H26N2O3. The van der Waals surface area contributed by atoms with Crippen LogP contribution < -0.4 is 5.32 Å². The van der Waals surface area contributed by atoms with Gasteiger partial charge in [-0.15, -0.1) is 0 Å². The predicted octanol–water partition coefficient (Wildman–Crippen LogP) is 3.23. The molecule has 27 heavy (non-hydrogen) atoms. The molecular weight excluding hydrogens is 340 g/mol. The van der Waals surface area contributed by atoms with Gasteiger partial charge in [-0.1, -0.05) is 48.0 Å². The molecule has 0 spiro atoms. The van der Waals surface area contributed by atoms with Crippen molar-refractivity contribution in [1.29, 1.82) is 0 Å². The smallest absolute Gasteiger partial charge is 0.255 e. The lowest BCUT2D eigenvalue weighted by molar-refractivity contribution is -0.122. The first kappa shape index (κ1) is 19.1. The number of carbonyl (C=O) groups is 2. The number of rotatable bonds is 8. The Morgan fingerprint density at radius 1 is 1.19 bits per heavy atom. The molecule has 0 aromatic heterocycles. The molecule has 2 amide bonds. The van der Waals surface area contributed by atoms with Crippen molar-refractivity contribution in [3.05, 3.63) is 70.8 Å². The Labute approximate surface area is 160 Å². The van der Waals surface area contributed by atoms with Crippen LogP contribution in [0.25, 0.3) is 0 Å². The fourth-order valence-corrected chi connectivity index (χ4v) is 3.42. The summed E-state index contributed by atoms with van der Waals surface area (Å²) in [6.07, 6.45) is 1.02. The molecule has 2 aromatic carbocycles. The van der Waals surface area contributed by atoms with Gasteiger partial charge < -0.3 is 15.0 Å². The summed E-state index contributed by atoms with van der Waals surface area (Å²) in [6, 6.07) is 15.4. The van der Waals surface area contributed by atoms with Crippen molar-refractivity contribution in [3.63, 3.8) is 0 Å². The number of nitrogens with one attached hydrogen (secondary N) is 1. The number of nitrogens with zero attached hydrogens (tertiary/aromatic N) is 1. The predicted molar refractivity (Wildman–Crippen MR) is 104 cm³/mol. The Hall–Kier alpha value is -2.66. The molecule has 3 rings (SSSR count). The van der Waals surface area contributed by atoms with E-state index in [-0.39, 0.29) is 24.3 Å². The van der Waals surface area contributed by atoms with Crippen LogP contribution in [0.1, 0.15) is 45.9 Å². The third-order valence-corrected chi connectivity index (χ3v) is 4.91. The molecule has 0 radical (unpaired) electrons. The number of methoxy groups -OCH3 is 1. The molecule has 0 saturated heterocycles. The second-order valence-corrected chi connectivity index (χ2v) is 6.92. The van der Waals surface area contributed by atoms with E-state index < -0.39 is 0 Å². The highest BCUT2D eigenvalue weighted by Gasteiger charge is 2.34. The number of hydrogen-bond donors (Lipinski definition) is 1. The number of carbonyl (C=O) groups excluding carboxylic acids is 2. The van der Waals surface area contributed by atoms with Gasteiger partial charge in [-0.3, -0.25) is 9.59 Å². The summed E-state index contributed by atoms with van der Waals surface area (Å²) in [4.78, 5) is 27.2. The zero-order chi connectivity index (χ0) is 19.2. The van der Waals surface area contributed by atoms with Crippen LogP contribution in [0.15, 0.2) is 48.5 Å². The van der Waals surface area contributed by atoms with Crippen LogP contribution in [-0.2, 0) is 16.1 Å². The highest BCUT2D eigenvalue weighted by atomic mass is 16.5. The lowest BCUT2D eigenvalue weighted by Gasteiger charge is -2.28. The van der Waals surface area contributed by atoms with Crippen molar-refractivity contribution in [3.8, 4) is 0 Å². The van der Waals surface area contributed by atoms with Gasteiger partial charge in [0, 0.05) is 32.4 Å². The molecule has 1 aliphatic heterocycles. The number of benzene rings is 2. The summed E-state index contributed by atoms with van der Waals surface area (Å²) in [5.74, 6) is -0.0659. The van der Waals surface area contributed by atoms with Crippen molar-refractivity contribution < 1.29 is 14.3 Å². The Morgan fingerprint density at radius 3 is 2.63 bits per heavy atom. The largest absolute Gasteiger partial charge is 0.385 e. The molecule has 0 saturated carbocycles. The van der Waals surface area contributed by atoms with Crippen molar-refractivity contribution >= 4 is 11.8 Å². The van der Waals surface area contributed by atoms with Crippen LogP contribution in [0.2, 0.25) is 0 Å². The zero-order valence-electron chi connectivity index (χ0n) is 15.9. The molecule has 142 valence electrons. The van der Waals surface area contributed by atoms with Crippen LogP contribution in [0.3, 0.4) is 0 Å². The highest BCUT2D eigenvalue weighted by molar-refractivity contribution is 5.98. The number of ether oxygens (including phenoxy) is 1. The van der Waals surface area contributed by atoms with E-state index in [2.05, 4.69) is 5.32 Å². The normalized spacial score (nSPS) is 14.1. The van der Waals surface area contributed by atoms with E-state index in [1.54, 1.807) is 7.11 Å². The summed E-state index contributed by atoms with van der Waals surface area (Å²) in [5.41, 5.74) is 3.88. The van der Waals surface area contributed by atoms with Gasteiger partial charge in [0.05, 0.1) is 12.5 Å². The second kappa shape index (κ2) is 8.82. The fourth-order valence-electron chi connectivity index (χ4n) is 3.42. The number of hydrogen-bond acceptors (Lipinski definition) is 3. The minimum Gasteiger partial charge on any atom is -0.385 e. The Bertz CT molecular complexity index is 801. The average Bonchev–Trinajstić information content (AvgIpc) is 3.01. The topological polar surface area (TPSA) is 58.6 Å². The minimum absolute atomic E-state index is 0.0108. The van der Waals surface area contributed by atoms with Gasteiger partial charge in [0.2, 0.25) is 5.91 Å². The van der Waals surface area contributed by atoms with Gasteiger partial charge >= 0.3 is 0 Å². The summed E-state index contributed by atoms with van der Waals surface area (Å²) >= 11 is 0. The van der Waals surface area contributed by atoms with Crippen molar-refractivity contribution in [2.24, 2.45) is 0 Å². The highest BCUT2D eigenvalue weighted by Crippen LogP contribution is 2.33. The molecule has 0 fully saturated rings. The molecule has 1 N–H and O–H groups in total. The van der Waals surface area contributed by atoms with Crippen molar-refractivity contribution in [2.45, 2.75) is 32.4 Å². The number of fused-ring (bicyclic) bond motifs is 1. The average molecular weight is 366 g/mol. The van der Waals surface area contributed by atoms with Gasteiger partial charge in [-0.05, 0) is 30.5 Å². The zero-order valence-corrected chi connectivity index (χ0v) is 15.9. The van der Waals surface area contributed by atoms with Gasteiger partial charge in [0.25, 0.3) is 5.91 Å². The lowest BCUT2D eigenvalue weighted by atomic mass is 10.00. The number of amides is 2. The van der Waals surface area contributed by atoms with E-state index in [0.717, 1.165) is 28.7 Å². The monoisotopic (exact) mass is 366 g/mol. The second-order valence-electron chi connectivity index (χ2n) is 6.92. The summed E-state index contributed by atoms with van der Waals surface area (Å²) in [6.45, 7) is 3.74. The SMILES string of the molecule is COCCCNC(=O)CC(c1ccc(C)cc1)N1Cc2ccccc2C1=O. The van der Waals surface area contributed by atoms with Crippen LogP contribution >= 0.6 is 0 Å². The summed E-state index contributed by atoms with van der Waals surface area (Å²) in [7, 11) is 1.64. The first-order valence-corrected chi connectivity index (χ1v) is 9.31. The Morgan fingerprint density at radius 2 is 1.93 bits per heavy atom. The van der Waals surface area contributed by atoms with Crippen LogP contribution in [0.5, 0.6) is 0 Å². The van der Waals surface area contributed by atoms with E-state index >= 15 is 0 Å². The third kappa shape index (κ3) is 4.55.